The fourth-order valence-electron chi connectivity index (χ4n) is 1.30. The number of aromatic nitrogens is 2. The Bertz CT molecular complexity index is 649. The fraction of sp³-hybridized carbons (Fsp3) is 0.0909. The van der Waals surface area contributed by atoms with Gasteiger partial charge >= 0.3 is 6.18 Å². The summed E-state index contributed by atoms with van der Waals surface area (Å²) in [4.78, 5) is 6.66. The molecule has 0 spiro atoms. The molecule has 1 heterocycles. The predicted octanol–water partition coefficient (Wildman–Crippen LogP) is 4.18. The number of alkyl halides is 3. The largest absolute Gasteiger partial charge is 0.439 e. The van der Waals surface area contributed by atoms with Crippen LogP contribution in [0.3, 0.4) is 0 Å². The third-order valence-corrected chi connectivity index (χ3v) is 2.86. The highest BCUT2D eigenvalue weighted by atomic mass is 35.5. The average Bonchev–Trinajstić information content (AvgIpc) is 2.32. The van der Waals surface area contributed by atoms with Crippen molar-refractivity contribution >= 4 is 29.2 Å². The standard InChI is InChI=1S/C11H6Cl2F3N3O/c12-6-2-1-5(3-7(6)13)20-9-4-8(11(14,15)16)18-10(17)19-9/h1-4H,(H2,17,18,19). The molecule has 2 N–H and O–H groups in total. The summed E-state index contributed by atoms with van der Waals surface area (Å²) in [6, 6.07) is 4.85. The average molecular weight is 324 g/mol. The van der Waals surface area contributed by atoms with E-state index in [0.29, 0.717) is 6.07 Å². The number of benzene rings is 1. The van der Waals surface area contributed by atoms with Crippen molar-refractivity contribution in [2.45, 2.75) is 6.18 Å². The maximum Gasteiger partial charge on any atom is 0.433 e. The van der Waals surface area contributed by atoms with Gasteiger partial charge in [-0.15, -0.1) is 0 Å². The molecule has 4 nitrogen and oxygen atoms in total. The Labute approximate surface area is 121 Å². The zero-order valence-corrected chi connectivity index (χ0v) is 11.1. The van der Waals surface area contributed by atoms with Crippen LogP contribution in [0, 0.1) is 0 Å². The van der Waals surface area contributed by atoms with Crippen LogP contribution in [-0.4, -0.2) is 9.97 Å². The Balaban J connectivity index is 2.33. The third kappa shape index (κ3) is 3.43. The molecule has 0 bridgehead atoms. The zero-order valence-electron chi connectivity index (χ0n) is 9.58. The number of rotatable bonds is 2. The number of anilines is 1. The number of nitrogens with two attached hydrogens (primary N) is 1. The van der Waals surface area contributed by atoms with Crippen LogP contribution in [0.5, 0.6) is 11.6 Å². The second kappa shape index (κ2) is 5.34. The van der Waals surface area contributed by atoms with Gasteiger partial charge < -0.3 is 10.5 Å². The molecule has 0 atom stereocenters. The fourth-order valence-corrected chi connectivity index (χ4v) is 1.59. The van der Waals surface area contributed by atoms with Crippen LogP contribution in [-0.2, 0) is 6.18 Å². The van der Waals surface area contributed by atoms with E-state index in [9.17, 15) is 13.2 Å². The first kappa shape index (κ1) is 14.7. The molecule has 0 saturated carbocycles. The molecule has 20 heavy (non-hydrogen) atoms. The van der Waals surface area contributed by atoms with Gasteiger partial charge in [-0.1, -0.05) is 23.2 Å². The van der Waals surface area contributed by atoms with Crippen molar-refractivity contribution < 1.29 is 17.9 Å². The Morgan fingerprint density at radius 1 is 1.05 bits per heavy atom. The van der Waals surface area contributed by atoms with Crippen LogP contribution < -0.4 is 10.5 Å². The van der Waals surface area contributed by atoms with Gasteiger partial charge in [0.05, 0.1) is 10.0 Å². The maximum atomic E-state index is 12.6. The lowest BCUT2D eigenvalue weighted by Gasteiger charge is -2.10. The number of hydrogen-bond donors (Lipinski definition) is 1. The first-order chi connectivity index (χ1) is 9.25. The molecular formula is C11H6Cl2F3N3O. The van der Waals surface area contributed by atoms with Gasteiger partial charge in [-0.2, -0.15) is 18.2 Å². The minimum Gasteiger partial charge on any atom is -0.439 e. The van der Waals surface area contributed by atoms with Gasteiger partial charge in [0, 0.05) is 12.1 Å². The minimum absolute atomic E-state index is 0.172. The van der Waals surface area contributed by atoms with E-state index in [-0.39, 0.29) is 21.7 Å². The lowest BCUT2D eigenvalue weighted by atomic mass is 10.3. The molecule has 1 aromatic carbocycles. The molecule has 2 rings (SSSR count). The SMILES string of the molecule is Nc1nc(Oc2ccc(Cl)c(Cl)c2)cc(C(F)(F)F)n1. The summed E-state index contributed by atoms with van der Waals surface area (Å²) in [5, 5.41) is 0.486. The molecule has 2 aromatic rings. The van der Waals surface area contributed by atoms with E-state index < -0.39 is 17.8 Å². The zero-order chi connectivity index (χ0) is 14.9. The molecule has 1 aromatic heterocycles. The van der Waals surface area contributed by atoms with Crippen LogP contribution in [0.2, 0.25) is 10.0 Å². The Hall–Kier alpha value is -1.73. The minimum atomic E-state index is -4.65. The van der Waals surface area contributed by atoms with Crippen molar-refractivity contribution in [1.29, 1.82) is 0 Å². The Morgan fingerprint density at radius 3 is 2.35 bits per heavy atom. The van der Waals surface area contributed by atoms with E-state index in [2.05, 4.69) is 9.97 Å². The summed E-state index contributed by atoms with van der Waals surface area (Å²) in [7, 11) is 0. The number of halogens is 5. The van der Waals surface area contributed by atoms with Gasteiger partial charge in [-0.3, -0.25) is 0 Å². The summed E-state index contributed by atoms with van der Waals surface area (Å²) in [5.74, 6) is -0.719. The lowest BCUT2D eigenvalue weighted by Crippen LogP contribution is -2.11. The van der Waals surface area contributed by atoms with E-state index in [1.165, 1.54) is 18.2 Å². The van der Waals surface area contributed by atoms with Gasteiger partial charge in [0.25, 0.3) is 0 Å². The smallest absolute Gasteiger partial charge is 0.433 e. The van der Waals surface area contributed by atoms with Crippen molar-refractivity contribution in [2.24, 2.45) is 0 Å². The molecular weight excluding hydrogens is 318 g/mol. The summed E-state index contributed by atoms with van der Waals surface area (Å²) < 4.78 is 42.8. The van der Waals surface area contributed by atoms with Crippen LogP contribution in [0.15, 0.2) is 24.3 Å². The molecule has 0 amide bonds. The van der Waals surface area contributed by atoms with Crippen molar-refractivity contribution in [2.75, 3.05) is 5.73 Å². The topological polar surface area (TPSA) is 61.0 Å². The van der Waals surface area contributed by atoms with E-state index in [4.69, 9.17) is 33.7 Å². The van der Waals surface area contributed by atoms with E-state index in [0.717, 1.165) is 0 Å². The van der Waals surface area contributed by atoms with E-state index in [1.54, 1.807) is 0 Å². The van der Waals surface area contributed by atoms with Gasteiger partial charge in [0.1, 0.15) is 5.75 Å². The van der Waals surface area contributed by atoms with Crippen LogP contribution >= 0.6 is 23.2 Å². The summed E-state index contributed by atoms with van der Waals surface area (Å²) >= 11 is 11.5. The quantitative estimate of drug-likeness (QED) is 0.900. The lowest BCUT2D eigenvalue weighted by molar-refractivity contribution is -0.141. The molecule has 106 valence electrons. The molecule has 0 aliphatic carbocycles. The first-order valence-corrected chi connectivity index (χ1v) is 5.86. The van der Waals surface area contributed by atoms with Gasteiger partial charge in [-0.05, 0) is 12.1 Å². The summed E-state index contributed by atoms with van der Waals surface area (Å²) in [5.41, 5.74) is 4.02. The van der Waals surface area contributed by atoms with Crippen LogP contribution in [0.25, 0.3) is 0 Å². The number of nitrogens with zero attached hydrogens (tertiary/aromatic N) is 2. The van der Waals surface area contributed by atoms with E-state index in [1.807, 2.05) is 0 Å². The molecule has 0 saturated heterocycles. The van der Waals surface area contributed by atoms with Gasteiger partial charge in [0.2, 0.25) is 11.8 Å². The molecule has 0 radical (unpaired) electrons. The van der Waals surface area contributed by atoms with Gasteiger partial charge in [0.15, 0.2) is 5.69 Å². The maximum absolute atomic E-state index is 12.6. The Morgan fingerprint density at radius 2 is 1.75 bits per heavy atom. The molecule has 0 aliphatic heterocycles. The molecule has 9 heteroatoms. The Kier molecular flexibility index (Phi) is 3.92. The second-order valence-corrected chi connectivity index (χ2v) is 4.44. The predicted molar refractivity (Wildman–Crippen MR) is 68.0 cm³/mol. The summed E-state index contributed by atoms with van der Waals surface area (Å²) in [6.07, 6.45) is -4.65. The highest BCUT2D eigenvalue weighted by Gasteiger charge is 2.33. The van der Waals surface area contributed by atoms with Crippen LogP contribution in [0.4, 0.5) is 19.1 Å². The number of hydrogen-bond acceptors (Lipinski definition) is 4. The molecule has 0 aliphatic rings. The highest BCUT2D eigenvalue weighted by Crippen LogP contribution is 2.32. The van der Waals surface area contributed by atoms with E-state index >= 15 is 0 Å². The first-order valence-electron chi connectivity index (χ1n) is 5.10. The van der Waals surface area contributed by atoms with Crippen molar-refractivity contribution in [3.8, 4) is 11.6 Å². The van der Waals surface area contributed by atoms with Crippen molar-refractivity contribution in [3.63, 3.8) is 0 Å². The number of ether oxygens (including phenoxy) is 1. The monoisotopic (exact) mass is 323 g/mol. The number of nitrogen functional groups attached to an aromatic ring is 1. The third-order valence-electron chi connectivity index (χ3n) is 2.12. The normalized spacial score (nSPS) is 11.4. The summed E-state index contributed by atoms with van der Waals surface area (Å²) in [6.45, 7) is 0. The van der Waals surface area contributed by atoms with Crippen molar-refractivity contribution in [1.82, 2.24) is 9.97 Å². The molecule has 0 fully saturated rings. The van der Waals surface area contributed by atoms with Gasteiger partial charge in [-0.25, -0.2) is 4.98 Å². The second-order valence-electron chi connectivity index (χ2n) is 3.63. The van der Waals surface area contributed by atoms with Crippen molar-refractivity contribution in [3.05, 3.63) is 40.0 Å². The molecule has 0 unspecified atom stereocenters. The van der Waals surface area contributed by atoms with Crippen LogP contribution in [0.1, 0.15) is 5.69 Å². The highest BCUT2D eigenvalue weighted by molar-refractivity contribution is 6.42.